The zero-order valence-electron chi connectivity index (χ0n) is 11.0. The monoisotopic (exact) mass is 242 g/mol. The summed E-state index contributed by atoms with van der Waals surface area (Å²) in [5.41, 5.74) is 2.85. The maximum Gasteiger partial charge on any atom is 0.127 e. The molecule has 2 nitrogen and oxygen atoms in total. The van der Waals surface area contributed by atoms with Gasteiger partial charge in [0.15, 0.2) is 0 Å². The summed E-state index contributed by atoms with van der Waals surface area (Å²) >= 11 is 0. The maximum atomic E-state index is 9.99. The Balaban J connectivity index is 2.53. The molecule has 2 heteroatoms. The Morgan fingerprint density at radius 3 is 2.44 bits per heavy atom. The van der Waals surface area contributed by atoms with E-state index < -0.39 is 0 Å². The number of aryl methyl sites for hydroxylation is 1. The van der Waals surface area contributed by atoms with Crippen molar-refractivity contribution < 1.29 is 9.84 Å². The molecule has 0 radical (unpaired) electrons. The summed E-state index contributed by atoms with van der Waals surface area (Å²) in [6.07, 6.45) is 0.109. The van der Waals surface area contributed by atoms with E-state index in [1.54, 1.807) is 6.07 Å². The number of phenols is 1. The quantitative estimate of drug-likeness (QED) is 0.876. The van der Waals surface area contributed by atoms with Gasteiger partial charge in [-0.15, -0.1) is 0 Å². The first-order valence-corrected chi connectivity index (χ1v) is 6.13. The average molecular weight is 242 g/mol. The van der Waals surface area contributed by atoms with E-state index in [0.717, 1.165) is 22.4 Å². The summed E-state index contributed by atoms with van der Waals surface area (Å²) in [7, 11) is 0. The molecule has 0 saturated heterocycles. The molecule has 18 heavy (non-hydrogen) atoms. The van der Waals surface area contributed by atoms with Crippen molar-refractivity contribution in [1.29, 1.82) is 0 Å². The first kappa shape index (κ1) is 12.5. The molecule has 0 fully saturated rings. The molecule has 0 amide bonds. The smallest absolute Gasteiger partial charge is 0.127 e. The van der Waals surface area contributed by atoms with E-state index in [1.165, 1.54) is 0 Å². The van der Waals surface area contributed by atoms with Crippen LogP contribution in [0.5, 0.6) is 11.5 Å². The van der Waals surface area contributed by atoms with Crippen molar-refractivity contribution in [2.75, 3.05) is 0 Å². The third-order valence-electron chi connectivity index (χ3n) is 2.69. The molecule has 0 heterocycles. The number of hydrogen-bond acceptors (Lipinski definition) is 2. The standard InChI is InChI=1S/C16H18O2/c1-11(2)18-16-7-5-4-6-13(16)14-10-12(3)8-9-15(14)17/h4-11,17H,1-3H3. The second kappa shape index (κ2) is 5.13. The van der Waals surface area contributed by atoms with Crippen LogP contribution in [0.15, 0.2) is 42.5 Å². The largest absolute Gasteiger partial charge is 0.507 e. The van der Waals surface area contributed by atoms with Crippen molar-refractivity contribution in [3.8, 4) is 22.6 Å². The first-order chi connectivity index (χ1) is 8.58. The molecule has 0 aromatic heterocycles. The molecule has 0 spiro atoms. The molecule has 0 aliphatic carbocycles. The molecule has 1 N–H and O–H groups in total. The Bertz CT molecular complexity index is 545. The highest BCUT2D eigenvalue weighted by molar-refractivity contribution is 5.76. The highest BCUT2D eigenvalue weighted by atomic mass is 16.5. The molecule has 0 bridgehead atoms. The summed E-state index contributed by atoms with van der Waals surface area (Å²) in [6.45, 7) is 5.99. The summed E-state index contributed by atoms with van der Waals surface area (Å²) in [5, 5.41) is 9.99. The normalized spacial score (nSPS) is 10.7. The minimum absolute atomic E-state index is 0.109. The van der Waals surface area contributed by atoms with Crippen molar-refractivity contribution in [2.45, 2.75) is 26.9 Å². The second-order valence-electron chi connectivity index (χ2n) is 4.68. The van der Waals surface area contributed by atoms with E-state index in [0.29, 0.717) is 0 Å². The van der Waals surface area contributed by atoms with Crippen molar-refractivity contribution in [2.24, 2.45) is 0 Å². The number of hydrogen-bond donors (Lipinski definition) is 1. The lowest BCUT2D eigenvalue weighted by Crippen LogP contribution is -2.06. The molecule has 2 aromatic carbocycles. The lowest BCUT2D eigenvalue weighted by molar-refractivity contribution is 0.243. The van der Waals surface area contributed by atoms with Crippen LogP contribution in [0.3, 0.4) is 0 Å². The fraction of sp³-hybridized carbons (Fsp3) is 0.250. The fourth-order valence-electron chi connectivity index (χ4n) is 1.91. The first-order valence-electron chi connectivity index (χ1n) is 6.13. The molecule has 0 saturated carbocycles. The van der Waals surface area contributed by atoms with E-state index >= 15 is 0 Å². The SMILES string of the molecule is Cc1ccc(O)c(-c2ccccc2OC(C)C)c1. The van der Waals surface area contributed by atoms with Gasteiger partial charge in [-0.1, -0.05) is 29.8 Å². The summed E-state index contributed by atoms with van der Waals surface area (Å²) < 4.78 is 5.78. The van der Waals surface area contributed by atoms with Gasteiger partial charge in [-0.05, 0) is 39.0 Å². The molecule has 0 atom stereocenters. The Morgan fingerprint density at radius 2 is 1.72 bits per heavy atom. The zero-order chi connectivity index (χ0) is 13.1. The number of benzene rings is 2. The van der Waals surface area contributed by atoms with Crippen LogP contribution in [0.4, 0.5) is 0 Å². The van der Waals surface area contributed by atoms with Crippen LogP contribution < -0.4 is 4.74 Å². The number of aromatic hydroxyl groups is 1. The van der Waals surface area contributed by atoms with Gasteiger partial charge in [0.05, 0.1) is 6.10 Å². The lowest BCUT2D eigenvalue weighted by Gasteiger charge is -2.15. The van der Waals surface area contributed by atoms with Crippen molar-refractivity contribution in [1.82, 2.24) is 0 Å². The lowest BCUT2D eigenvalue weighted by atomic mass is 10.0. The second-order valence-corrected chi connectivity index (χ2v) is 4.68. The van der Waals surface area contributed by atoms with Crippen molar-refractivity contribution in [3.05, 3.63) is 48.0 Å². The Morgan fingerprint density at radius 1 is 1.00 bits per heavy atom. The predicted octanol–water partition coefficient (Wildman–Crippen LogP) is 4.15. The molecular weight excluding hydrogens is 224 g/mol. The molecular formula is C16H18O2. The van der Waals surface area contributed by atoms with Gasteiger partial charge in [-0.3, -0.25) is 0 Å². The van der Waals surface area contributed by atoms with Gasteiger partial charge < -0.3 is 9.84 Å². The zero-order valence-corrected chi connectivity index (χ0v) is 11.0. The highest BCUT2D eigenvalue weighted by Crippen LogP contribution is 2.36. The van der Waals surface area contributed by atoms with Crippen LogP contribution in [-0.2, 0) is 0 Å². The Labute approximate surface area is 108 Å². The third-order valence-corrected chi connectivity index (χ3v) is 2.69. The average Bonchev–Trinajstić information content (AvgIpc) is 2.32. The minimum atomic E-state index is 0.109. The summed E-state index contributed by atoms with van der Waals surface area (Å²) in [6, 6.07) is 13.4. The fourth-order valence-corrected chi connectivity index (χ4v) is 1.91. The van der Waals surface area contributed by atoms with Crippen molar-refractivity contribution in [3.63, 3.8) is 0 Å². The molecule has 0 unspecified atom stereocenters. The summed E-state index contributed by atoms with van der Waals surface area (Å²) in [4.78, 5) is 0. The van der Waals surface area contributed by atoms with Gasteiger partial charge in [-0.25, -0.2) is 0 Å². The molecule has 2 aromatic rings. The molecule has 94 valence electrons. The van der Waals surface area contributed by atoms with Crippen LogP contribution >= 0.6 is 0 Å². The molecule has 2 rings (SSSR count). The number of phenolic OH excluding ortho intramolecular Hbond substituents is 1. The van der Waals surface area contributed by atoms with Crippen LogP contribution in [0, 0.1) is 6.92 Å². The van der Waals surface area contributed by atoms with Crippen LogP contribution in [0.1, 0.15) is 19.4 Å². The van der Waals surface area contributed by atoms with Gasteiger partial charge in [0.25, 0.3) is 0 Å². The van der Waals surface area contributed by atoms with E-state index in [1.807, 2.05) is 57.2 Å². The number of para-hydroxylation sites is 1. The van der Waals surface area contributed by atoms with Gasteiger partial charge >= 0.3 is 0 Å². The van der Waals surface area contributed by atoms with E-state index in [9.17, 15) is 5.11 Å². The van der Waals surface area contributed by atoms with Crippen LogP contribution in [0.2, 0.25) is 0 Å². The van der Waals surface area contributed by atoms with Gasteiger partial charge in [0.2, 0.25) is 0 Å². The van der Waals surface area contributed by atoms with E-state index in [4.69, 9.17) is 4.74 Å². The van der Waals surface area contributed by atoms with Crippen LogP contribution in [0.25, 0.3) is 11.1 Å². The van der Waals surface area contributed by atoms with E-state index in [2.05, 4.69) is 0 Å². The predicted molar refractivity (Wildman–Crippen MR) is 74.0 cm³/mol. The molecule has 0 aliphatic heterocycles. The number of rotatable bonds is 3. The van der Waals surface area contributed by atoms with Crippen LogP contribution in [-0.4, -0.2) is 11.2 Å². The maximum absolute atomic E-state index is 9.99. The van der Waals surface area contributed by atoms with Gasteiger partial charge in [0, 0.05) is 11.1 Å². The Hall–Kier alpha value is -1.96. The van der Waals surface area contributed by atoms with Crippen molar-refractivity contribution >= 4 is 0 Å². The van der Waals surface area contributed by atoms with E-state index in [-0.39, 0.29) is 11.9 Å². The minimum Gasteiger partial charge on any atom is -0.507 e. The topological polar surface area (TPSA) is 29.5 Å². The highest BCUT2D eigenvalue weighted by Gasteiger charge is 2.11. The van der Waals surface area contributed by atoms with Gasteiger partial charge in [-0.2, -0.15) is 0 Å². The van der Waals surface area contributed by atoms with Gasteiger partial charge in [0.1, 0.15) is 11.5 Å². The number of ether oxygens (including phenoxy) is 1. The molecule has 0 aliphatic rings. The third kappa shape index (κ3) is 2.65. The Kier molecular flexibility index (Phi) is 3.56. The summed E-state index contributed by atoms with van der Waals surface area (Å²) in [5.74, 6) is 1.08.